The van der Waals surface area contributed by atoms with Crippen molar-refractivity contribution in [1.82, 2.24) is 10.2 Å². The third-order valence-corrected chi connectivity index (χ3v) is 7.15. The molecule has 3 atom stereocenters. The smallest absolute Gasteiger partial charge is 0.411 e. The number of rotatable bonds is 7. The molecular formula is C24H34N2O6S. The van der Waals surface area contributed by atoms with Gasteiger partial charge in [-0.3, -0.25) is 15.0 Å². The molecule has 2 aliphatic heterocycles. The number of benzene rings is 1. The molecule has 0 spiro atoms. The Morgan fingerprint density at radius 3 is 2.61 bits per heavy atom. The summed E-state index contributed by atoms with van der Waals surface area (Å²) >= 11 is 1.62. The molecule has 182 valence electrons. The first-order chi connectivity index (χ1) is 15.6. The number of likely N-dealkylation sites (tertiary alicyclic amines) is 1. The van der Waals surface area contributed by atoms with Gasteiger partial charge in [-0.25, -0.2) is 9.59 Å². The molecule has 0 bridgehead atoms. The third-order valence-electron chi connectivity index (χ3n) is 5.85. The van der Waals surface area contributed by atoms with Crippen LogP contribution in [0.2, 0.25) is 0 Å². The van der Waals surface area contributed by atoms with Crippen LogP contribution in [0.15, 0.2) is 30.3 Å². The van der Waals surface area contributed by atoms with Gasteiger partial charge in [-0.05, 0) is 52.0 Å². The number of methoxy groups -OCH3 is 1. The first-order valence-electron chi connectivity index (χ1n) is 11.3. The maximum atomic E-state index is 13.4. The standard InChI is InChI=1S/C24H34N2O6S/c1-23(2,3)32-21(28)24(13-11-19-25-18(16-33-19)20(27)30-4)12-8-14-26(24)22(29)31-15-17-9-6-5-7-10-17/h5-7,9-10,18-19,25H,8,11-16H2,1-4H3. The second-order valence-corrected chi connectivity index (χ2v) is 10.7. The Bertz CT molecular complexity index is 843. The van der Waals surface area contributed by atoms with Crippen molar-refractivity contribution < 1.29 is 28.6 Å². The lowest BCUT2D eigenvalue weighted by molar-refractivity contribution is -0.168. The van der Waals surface area contributed by atoms with Crippen molar-refractivity contribution in [2.45, 2.75) is 75.6 Å². The van der Waals surface area contributed by atoms with Crippen LogP contribution < -0.4 is 5.32 Å². The zero-order chi connectivity index (χ0) is 24.1. The van der Waals surface area contributed by atoms with Gasteiger partial charge < -0.3 is 14.2 Å². The van der Waals surface area contributed by atoms with Gasteiger partial charge in [0.05, 0.1) is 12.5 Å². The highest BCUT2D eigenvalue weighted by molar-refractivity contribution is 8.00. The number of esters is 2. The Morgan fingerprint density at radius 1 is 1.21 bits per heavy atom. The van der Waals surface area contributed by atoms with Crippen molar-refractivity contribution in [3.05, 3.63) is 35.9 Å². The minimum Gasteiger partial charge on any atom is -0.468 e. The normalized spacial score (nSPS) is 25.0. The molecular weight excluding hydrogens is 444 g/mol. The zero-order valence-electron chi connectivity index (χ0n) is 19.8. The maximum Gasteiger partial charge on any atom is 0.411 e. The van der Waals surface area contributed by atoms with E-state index in [1.54, 1.807) is 16.7 Å². The number of carbonyl (C=O) groups is 3. The van der Waals surface area contributed by atoms with Gasteiger partial charge in [0, 0.05) is 12.3 Å². The molecule has 3 unspecified atom stereocenters. The van der Waals surface area contributed by atoms with E-state index in [1.807, 2.05) is 51.1 Å². The van der Waals surface area contributed by atoms with E-state index in [1.165, 1.54) is 7.11 Å². The number of hydrogen-bond acceptors (Lipinski definition) is 8. The maximum absolute atomic E-state index is 13.4. The lowest BCUT2D eigenvalue weighted by Gasteiger charge is -2.38. The molecule has 33 heavy (non-hydrogen) atoms. The number of ether oxygens (including phenoxy) is 3. The number of nitrogens with one attached hydrogen (secondary N) is 1. The predicted molar refractivity (Wildman–Crippen MR) is 126 cm³/mol. The van der Waals surface area contributed by atoms with Crippen molar-refractivity contribution in [2.75, 3.05) is 19.4 Å². The van der Waals surface area contributed by atoms with Crippen LogP contribution in [0.4, 0.5) is 4.79 Å². The highest BCUT2D eigenvalue weighted by Gasteiger charge is 2.52. The van der Waals surface area contributed by atoms with E-state index in [4.69, 9.17) is 14.2 Å². The van der Waals surface area contributed by atoms with E-state index in [0.29, 0.717) is 38.0 Å². The van der Waals surface area contributed by atoms with Crippen molar-refractivity contribution in [1.29, 1.82) is 0 Å². The van der Waals surface area contributed by atoms with Crippen molar-refractivity contribution in [2.24, 2.45) is 0 Å². The fraction of sp³-hybridized carbons (Fsp3) is 0.625. The Labute approximate surface area is 199 Å². The summed E-state index contributed by atoms with van der Waals surface area (Å²) < 4.78 is 16.2. The van der Waals surface area contributed by atoms with E-state index >= 15 is 0 Å². The predicted octanol–water partition coefficient (Wildman–Crippen LogP) is 3.48. The summed E-state index contributed by atoms with van der Waals surface area (Å²) in [6.07, 6.45) is 1.71. The quantitative estimate of drug-likeness (QED) is 0.470. The Kier molecular flexibility index (Phi) is 8.28. The lowest BCUT2D eigenvalue weighted by atomic mass is 9.90. The molecule has 8 nitrogen and oxygen atoms in total. The second kappa shape index (κ2) is 10.8. The summed E-state index contributed by atoms with van der Waals surface area (Å²) in [4.78, 5) is 39.9. The van der Waals surface area contributed by atoms with E-state index in [9.17, 15) is 14.4 Å². The number of thioether (sulfide) groups is 1. The first kappa shape index (κ1) is 25.4. The third kappa shape index (κ3) is 6.41. The molecule has 0 radical (unpaired) electrons. The van der Waals surface area contributed by atoms with E-state index in [0.717, 1.165) is 5.56 Å². The summed E-state index contributed by atoms with van der Waals surface area (Å²) in [5, 5.41) is 3.24. The van der Waals surface area contributed by atoms with Gasteiger partial charge in [0.2, 0.25) is 0 Å². The Balaban J connectivity index is 1.72. The van der Waals surface area contributed by atoms with Gasteiger partial charge in [0.25, 0.3) is 0 Å². The number of carbonyl (C=O) groups excluding carboxylic acids is 3. The van der Waals surface area contributed by atoms with Gasteiger partial charge in [0.15, 0.2) is 0 Å². The average Bonchev–Trinajstić information content (AvgIpc) is 3.43. The van der Waals surface area contributed by atoms with E-state index < -0.39 is 23.2 Å². The van der Waals surface area contributed by atoms with Crippen molar-refractivity contribution in [3.63, 3.8) is 0 Å². The first-order valence-corrected chi connectivity index (χ1v) is 12.4. The Hall–Kier alpha value is -2.26. The minimum atomic E-state index is -1.09. The molecule has 2 fully saturated rings. The van der Waals surface area contributed by atoms with Crippen LogP contribution in [0, 0.1) is 0 Å². The average molecular weight is 479 g/mol. The summed E-state index contributed by atoms with van der Waals surface area (Å²) in [6, 6.07) is 9.09. The van der Waals surface area contributed by atoms with Gasteiger partial charge in [0.1, 0.15) is 23.8 Å². The van der Waals surface area contributed by atoms with E-state index in [2.05, 4.69) is 5.32 Å². The van der Waals surface area contributed by atoms with Gasteiger partial charge in [-0.2, -0.15) is 0 Å². The van der Waals surface area contributed by atoms with Crippen LogP contribution in [0.25, 0.3) is 0 Å². The van der Waals surface area contributed by atoms with Gasteiger partial charge >= 0.3 is 18.0 Å². The fourth-order valence-electron chi connectivity index (χ4n) is 4.24. The summed E-state index contributed by atoms with van der Waals surface area (Å²) in [5.41, 5.74) is -0.886. The molecule has 1 N–H and O–H groups in total. The van der Waals surface area contributed by atoms with Crippen molar-refractivity contribution >= 4 is 29.8 Å². The minimum absolute atomic E-state index is 0.0174. The molecule has 3 rings (SSSR count). The molecule has 2 saturated heterocycles. The SMILES string of the molecule is COC(=O)C1CSC(CCC2(C(=O)OC(C)(C)C)CCCN2C(=O)OCc2ccccc2)N1. The topological polar surface area (TPSA) is 94.2 Å². The molecule has 1 amide bonds. The number of hydrogen-bond donors (Lipinski definition) is 1. The molecule has 1 aromatic rings. The van der Waals surface area contributed by atoms with Crippen LogP contribution in [0.3, 0.4) is 0 Å². The molecule has 2 heterocycles. The van der Waals surface area contributed by atoms with Crippen LogP contribution in [-0.2, 0) is 30.4 Å². The number of nitrogens with zero attached hydrogens (tertiary/aromatic N) is 1. The highest BCUT2D eigenvalue weighted by atomic mass is 32.2. The Morgan fingerprint density at radius 2 is 1.94 bits per heavy atom. The summed E-state index contributed by atoms with van der Waals surface area (Å²) in [7, 11) is 1.37. The van der Waals surface area contributed by atoms with Crippen LogP contribution in [0.5, 0.6) is 0 Å². The van der Waals surface area contributed by atoms with Gasteiger partial charge in [-0.1, -0.05) is 30.3 Å². The van der Waals surface area contributed by atoms with Crippen molar-refractivity contribution in [3.8, 4) is 0 Å². The lowest BCUT2D eigenvalue weighted by Crippen LogP contribution is -2.55. The number of amides is 1. The van der Waals surface area contributed by atoms with Gasteiger partial charge in [-0.15, -0.1) is 11.8 Å². The zero-order valence-corrected chi connectivity index (χ0v) is 20.6. The molecule has 2 aliphatic rings. The monoisotopic (exact) mass is 478 g/mol. The molecule has 9 heteroatoms. The van der Waals surface area contributed by atoms with Crippen LogP contribution in [0.1, 0.15) is 52.0 Å². The fourth-order valence-corrected chi connectivity index (χ4v) is 5.44. The van der Waals surface area contributed by atoms with Crippen LogP contribution >= 0.6 is 11.8 Å². The molecule has 0 aliphatic carbocycles. The molecule has 0 aromatic heterocycles. The molecule has 1 aromatic carbocycles. The largest absolute Gasteiger partial charge is 0.468 e. The van der Waals surface area contributed by atoms with E-state index in [-0.39, 0.29) is 24.0 Å². The molecule has 0 saturated carbocycles. The summed E-state index contributed by atoms with van der Waals surface area (Å²) in [5.74, 6) is -0.0879. The van der Waals surface area contributed by atoms with Crippen LogP contribution in [-0.4, -0.2) is 64.9 Å². The summed E-state index contributed by atoms with van der Waals surface area (Å²) in [6.45, 7) is 6.03. The highest BCUT2D eigenvalue weighted by Crippen LogP contribution is 2.38. The second-order valence-electron chi connectivity index (χ2n) is 9.43.